The molecule has 3 aromatic rings. The van der Waals surface area contributed by atoms with E-state index >= 15 is 0 Å². The molecule has 1 aliphatic rings. The first-order valence-electron chi connectivity index (χ1n) is 8.37. The quantitative estimate of drug-likeness (QED) is 0.743. The Bertz CT molecular complexity index is 866. The van der Waals surface area contributed by atoms with Crippen molar-refractivity contribution in [2.24, 2.45) is 5.92 Å². The molecule has 4 rings (SSSR count). The highest BCUT2D eigenvalue weighted by Gasteiger charge is 2.26. The van der Waals surface area contributed by atoms with E-state index in [1.54, 1.807) is 17.1 Å². The van der Waals surface area contributed by atoms with Crippen LogP contribution in [-0.2, 0) is 4.79 Å². The van der Waals surface area contributed by atoms with Crippen LogP contribution in [0.4, 0.5) is 11.7 Å². The van der Waals surface area contributed by atoms with Gasteiger partial charge < -0.3 is 9.42 Å². The third kappa shape index (κ3) is 3.39. The van der Waals surface area contributed by atoms with Crippen LogP contribution in [0.3, 0.4) is 0 Å². The van der Waals surface area contributed by atoms with Gasteiger partial charge in [-0.2, -0.15) is 5.10 Å². The van der Waals surface area contributed by atoms with Gasteiger partial charge in [0.25, 0.3) is 0 Å². The fourth-order valence-electron chi connectivity index (χ4n) is 2.95. The van der Waals surface area contributed by atoms with Gasteiger partial charge in [0.05, 0.1) is 5.69 Å². The minimum Gasteiger partial charge on any atom is -0.355 e. The van der Waals surface area contributed by atoms with Crippen molar-refractivity contribution < 1.29 is 9.32 Å². The van der Waals surface area contributed by atoms with E-state index in [0.29, 0.717) is 11.7 Å². The zero-order valence-corrected chi connectivity index (χ0v) is 14.2. The summed E-state index contributed by atoms with van der Waals surface area (Å²) in [5.41, 5.74) is 0.739. The first-order valence-corrected chi connectivity index (χ1v) is 8.37. The van der Waals surface area contributed by atoms with E-state index in [1.165, 1.54) is 6.33 Å². The second-order valence-electron chi connectivity index (χ2n) is 6.17. The van der Waals surface area contributed by atoms with E-state index in [1.807, 2.05) is 19.1 Å². The van der Waals surface area contributed by atoms with Gasteiger partial charge >= 0.3 is 0 Å². The van der Waals surface area contributed by atoms with E-state index in [0.717, 1.165) is 37.4 Å². The molecule has 0 aromatic carbocycles. The van der Waals surface area contributed by atoms with E-state index in [9.17, 15) is 4.79 Å². The summed E-state index contributed by atoms with van der Waals surface area (Å²) in [5.74, 6) is 1.71. The molecule has 0 aliphatic carbocycles. The smallest absolute Gasteiger partial charge is 0.231 e. The molecule has 3 aromatic heterocycles. The fourth-order valence-corrected chi connectivity index (χ4v) is 2.95. The van der Waals surface area contributed by atoms with Crippen molar-refractivity contribution in [1.29, 1.82) is 0 Å². The lowest BCUT2D eigenvalue weighted by molar-refractivity contribution is -0.120. The number of nitrogens with zero attached hydrogens (tertiary/aromatic N) is 7. The number of aryl methyl sites for hydroxylation is 1. The van der Waals surface area contributed by atoms with Crippen molar-refractivity contribution in [3.8, 4) is 5.82 Å². The SMILES string of the molecule is Cc1cc(NC(=O)C2CCN(c3ccc(-n4cncn4)nn3)CC2)on1. The average Bonchev–Trinajstić information content (AvgIpc) is 3.34. The van der Waals surface area contributed by atoms with Crippen LogP contribution in [-0.4, -0.2) is 49.1 Å². The number of anilines is 2. The maximum absolute atomic E-state index is 12.3. The van der Waals surface area contributed by atoms with Crippen LogP contribution in [0.15, 0.2) is 35.4 Å². The standard InChI is InChI=1S/C16H18N8O2/c1-11-8-15(26-22-11)19-16(25)12-4-6-23(7-5-12)13-2-3-14(21-20-13)24-10-17-9-18-24/h2-3,8-10,12H,4-7H2,1H3,(H,19,25). The van der Waals surface area contributed by atoms with Gasteiger partial charge in [0.1, 0.15) is 12.7 Å². The molecule has 0 unspecified atom stereocenters. The molecule has 1 amide bonds. The number of nitrogens with one attached hydrogen (secondary N) is 1. The number of piperidine rings is 1. The van der Waals surface area contributed by atoms with E-state index in [-0.39, 0.29) is 11.8 Å². The second-order valence-corrected chi connectivity index (χ2v) is 6.17. The van der Waals surface area contributed by atoms with Crippen molar-refractivity contribution in [3.63, 3.8) is 0 Å². The van der Waals surface area contributed by atoms with Crippen molar-refractivity contribution >= 4 is 17.6 Å². The normalized spacial score (nSPS) is 15.2. The third-order valence-electron chi connectivity index (χ3n) is 4.35. The lowest BCUT2D eigenvalue weighted by Gasteiger charge is -2.31. The molecule has 0 bridgehead atoms. The summed E-state index contributed by atoms with van der Waals surface area (Å²) in [5, 5.41) is 19.0. The van der Waals surface area contributed by atoms with Crippen LogP contribution >= 0.6 is 0 Å². The minimum absolute atomic E-state index is 0.0339. The average molecular weight is 354 g/mol. The Kier molecular flexibility index (Phi) is 4.30. The summed E-state index contributed by atoms with van der Waals surface area (Å²) in [6, 6.07) is 5.46. The molecule has 134 valence electrons. The Balaban J connectivity index is 1.33. The fraction of sp³-hybridized carbons (Fsp3) is 0.375. The minimum atomic E-state index is -0.0564. The lowest BCUT2D eigenvalue weighted by atomic mass is 9.96. The Morgan fingerprint density at radius 3 is 2.62 bits per heavy atom. The highest BCUT2D eigenvalue weighted by atomic mass is 16.5. The molecular formula is C16H18N8O2. The van der Waals surface area contributed by atoms with Crippen molar-refractivity contribution in [2.75, 3.05) is 23.3 Å². The van der Waals surface area contributed by atoms with Crippen molar-refractivity contribution in [3.05, 3.63) is 36.5 Å². The van der Waals surface area contributed by atoms with Crippen molar-refractivity contribution in [1.82, 2.24) is 30.1 Å². The molecule has 0 saturated carbocycles. The Hall–Kier alpha value is -3.30. The van der Waals surface area contributed by atoms with Crippen LogP contribution in [0.2, 0.25) is 0 Å². The molecular weight excluding hydrogens is 336 g/mol. The molecule has 10 heteroatoms. The van der Waals surface area contributed by atoms with Gasteiger partial charge in [0.15, 0.2) is 11.6 Å². The van der Waals surface area contributed by atoms with Gasteiger partial charge in [0.2, 0.25) is 11.8 Å². The summed E-state index contributed by atoms with van der Waals surface area (Å²) in [4.78, 5) is 18.4. The van der Waals surface area contributed by atoms with Crippen LogP contribution in [0.1, 0.15) is 18.5 Å². The summed E-state index contributed by atoms with van der Waals surface area (Å²) < 4.78 is 6.59. The van der Waals surface area contributed by atoms with Crippen LogP contribution in [0.5, 0.6) is 0 Å². The highest BCUT2D eigenvalue weighted by molar-refractivity contribution is 5.91. The Labute approximate surface area is 149 Å². The van der Waals surface area contributed by atoms with Crippen molar-refractivity contribution in [2.45, 2.75) is 19.8 Å². The maximum atomic E-state index is 12.3. The van der Waals surface area contributed by atoms with Gasteiger partial charge in [-0.1, -0.05) is 5.16 Å². The largest absolute Gasteiger partial charge is 0.355 e. The molecule has 1 fully saturated rings. The molecule has 1 aliphatic heterocycles. The molecule has 10 nitrogen and oxygen atoms in total. The molecule has 4 heterocycles. The van der Waals surface area contributed by atoms with Crippen LogP contribution < -0.4 is 10.2 Å². The predicted octanol–water partition coefficient (Wildman–Crippen LogP) is 1.21. The Morgan fingerprint density at radius 2 is 2.00 bits per heavy atom. The molecule has 0 spiro atoms. The van der Waals surface area contributed by atoms with E-state index < -0.39 is 0 Å². The molecule has 0 radical (unpaired) electrons. The number of hydrogen-bond acceptors (Lipinski definition) is 8. The first-order chi connectivity index (χ1) is 12.7. The maximum Gasteiger partial charge on any atom is 0.231 e. The molecule has 1 saturated heterocycles. The van der Waals surface area contributed by atoms with Gasteiger partial charge in [-0.25, -0.2) is 9.67 Å². The number of aromatic nitrogens is 6. The summed E-state index contributed by atoms with van der Waals surface area (Å²) >= 11 is 0. The number of amides is 1. The summed E-state index contributed by atoms with van der Waals surface area (Å²) in [6.07, 6.45) is 4.51. The number of carbonyl (C=O) groups excluding carboxylic acids is 1. The van der Waals surface area contributed by atoms with Gasteiger partial charge in [0, 0.05) is 25.1 Å². The predicted molar refractivity (Wildman–Crippen MR) is 91.8 cm³/mol. The summed E-state index contributed by atoms with van der Waals surface area (Å²) in [6.45, 7) is 3.29. The zero-order chi connectivity index (χ0) is 17.9. The molecule has 1 N–H and O–H groups in total. The zero-order valence-electron chi connectivity index (χ0n) is 14.2. The highest BCUT2D eigenvalue weighted by Crippen LogP contribution is 2.23. The number of carbonyl (C=O) groups is 1. The van der Waals surface area contributed by atoms with Gasteiger partial charge in [-0.05, 0) is 31.9 Å². The lowest BCUT2D eigenvalue weighted by Crippen LogP contribution is -2.38. The Morgan fingerprint density at radius 1 is 1.23 bits per heavy atom. The number of rotatable bonds is 4. The number of hydrogen-bond donors (Lipinski definition) is 1. The first kappa shape index (κ1) is 16.2. The second kappa shape index (κ2) is 6.90. The monoisotopic (exact) mass is 354 g/mol. The molecule has 26 heavy (non-hydrogen) atoms. The van der Waals surface area contributed by atoms with Gasteiger partial charge in [-0.15, -0.1) is 10.2 Å². The van der Waals surface area contributed by atoms with E-state index in [4.69, 9.17) is 4.52 Å². The topological polar surface area (TPSA) is 115 Å². The third-order valence-corrected chi connectivity index (χ3v) is 4.35. The van der Waals surface area contributed by atoms with Crippen LogP contribution in [0.25, 0.3) is 5.82 Å². The summed E-state index contributed by atoms with van der Waals surface area (Å²) in [7, 11) is 0. The van der Waals surface area contributed by atoms with E-state index in [2.05, 4.69) is 35.7 Å². The van der Waals surface area contributed by atoms with Crippen LogP contribution in [0, 0.1) is 12.8 Å². The van der Waals surface area contributed by atoms with Gasteiger partial charge in [-0.3, -0.25) is 10.1 Å². The molecule has 0 atom stereocenters.